The molecule has 0 radical (unpaired) electrons. The Kier molecular flexibility index (Phi) is 5.34. The normalized spacial score (nSPS) is 22.4. The van der Waals surface area contributed by atoms with Crippen LogP contribution >= 0.6 is 0 Å². The van der Waals surface area contributed by atoms with Crippen LogP contribution in [0, 0.1) is 0 Å². The van der Waals surface area contributed by atoms with Gasteiger partial charge in [0.15, 0.2) is 0 Å². The molecule has 2 saturated carbocycles. The SMILES string of the molecule is c1ccc(C2([Se]C3(c4ccccc4)CCCCC3)CCCCC2)cc1. The van der Waals surface area contributed by atoms with Crippen molar-refractivity contribution in [3.05, 3.63) is 71.8 Å². The molecule has 0 atom stereocenters. The van der Waals surface area contributed by atoms with Gasteiger partial charge in [-0.2, -0.15) is 0 Å². The summed E-state index contributed by atoms with van der Waals surface area (Å²) in [5, 5.41) is 0. The molecule has 2 aliphatic carbocycles. The molecular weight excluding hydrogens is 367 g/mol. The second-order valence-electron chi connectivity index (χ2n) is 7.94. The molecule has 2 aromatic carbocycles. The Morgan fingerprint density at radius 2 is 0.840 bits per heavy atom. The quantitative estimate of drug-likeness (QED) is 0.523. The summed E-state index contributed by atoms with van der Waals surface area (Å²) in [5.74, 6) is 0. The standard InChI is InChI=1S/C24H30Se/c1-5-13-21(14-6-1)23(17-9-3-10-18-23)25-24(19-11-4-12-20-24)22-15-7-2-8-16-22/h1-2,5-8,13-16H,3-4,9-12,17-20H2. The van der Waals surface area contributed by atoms with E-state index in [1.807, 2.05) is 0 Å². The number of rotatable bonds is 4. The van der Waals surface area contributed by atoms with Gasteiger partial charge >= 0.3 is 160 Å². The van der Waals surface area contributed by atoms with Gasteiger partial charge in [0.1, 0.15) is 0 Å². The van der Waals surface area contributed by atoms with E-state index < -0.39 is 0 Å². The summed E-state index contributed by atoms with van der Waals surface area (Å²) in [6.45, 7) is 0. The first-order chi connectivity index (χ1) is 12.3. The molecular formula is C24H30Se. The number of hydrogen-bond donors (Lipinski definition) is 0. The summed E-state index contributed by atoms with van der Waals surface area (Å²) >= 11 is 0.615. The first-order valence-electron chi connectivity index (χ1n) is 10.1. The zero-order valence-corrected chi connectivity index (χ0v) is 17.0. The van der Waals surface area contributed by atoms with Gasteiger partial charge in [-0.15, -0.1) is 0 Å². The van der Waals surface area contributed by atoms with E-state index in [0.29, 0.717) is 23.6 Å². The van der Waals surface area contributed by atoms with Crippen LogP contribution in [0.25, 0.3) is 0 Å². The molecule has 4 rings (SSSR count). The van der Waals surface area contributed by atoms with E-state index in [4.69, 9.17) is 0 Å². The Labute approximate surface area is 159 Å². The van der Waals surface area contributed by atoms with E-state index >= 15 is 0 Å². The van der Waals surface area contributed by atoms with Gasteiger partial charge in [-0.25, -0.2) is 0 Å². The van der Waals surface area contributed by atoms with Gasteiger partial charge in [0.2, 0.25) is 0 Å². The van der Waals surface area contributed by atoms with Crippen LogP contribution in [-0.2, 0) is 8.63 Å². The molecule has 132 valence electrons. The third-order valence-electron chi connectivity index (χ3n) is 6.31. The molecule has 0 nitrogen and oxygen atoms in total. The monoisotopic (exact) mass is 398 g/mol. The fourth-order valence-corrected chi connectivity index (χ4v) is 9.71. The second kappa shape index (κ2) is 7.68. The van der Waals surface area contributed by atoms with Crippen LogP contribution in [0.1, 0.15) is 75.3 Å². The van der Waals surface area contributed by atoms with Crippen LogP contribution in [-0.4, -0.2) is 15.0 Å². The van der Waals surface area contributed by atoms with Crippen molar-refractivity contribution in [2.45, 2.75) is 72.8 Å². The van der Waals surface area contributed by atoms with E-state index in [0.717, 1.165) is 0 Å². The van der Waals surface area contributed by atoms with Gasteiger partial charge in [0, 0.05) is 0 Å². The molecule has 0 unspecified atom stereocenters. The summed E-state index contributed by atoms with van der Waals surface area (Å²) in [6.07, 6.45) is 14.2. The molecule has 25 heavy (non-hydrogen) atoms. The first kappa shape index (κ1) is 17.4. The Hall–Kier alpha value is -1.04. The van der Waals surface area contributed by atoms with Gasteiger partial charge in [0.25, 0.3) is 0 Å². The Morgan fingerprint density at radius 3 is 1.20 bits per heavy atom. The molecule has 0 saturated heterocycles. The molecule has 2 aliphatic rings. The minimum absolute atomic E-state index is 0.458. The van der Waals surface area contributed by atoms with E-state index in [1.54, 1.807) is 11.1 Å². The molecule has 0 spiro atoms. The molecule has 0 heterocycles. The van der Waals surface area contributed by atoms with Crippen molar-refractivity contribution < 1.29 is 0 Å². The average molecular weight is 397 g/mol. The van der Waals surface area contributed by atoms with Crippen molar-refractivity contribution in [1.82, 2.24) is 0 Å². The predicted octanol–water partition coefficient (Wildman–Crippen LogP) is 6.41. The summed E-state index contributed by atoms with van der Waals surface area (Å²) in [4.78, 5) is 0. The van der Waals surface area contributed by atoms with Gasteiger partial charge in [0.05, 0.1) is 0 Å². The van der Waals surface area contributed by atoms with Crippen molar-refractivity contribution in [2.24, 2.45) is 0 Å². The third kappa shape index (κ3) is 3.60. The summed E-state index contributed by atoms with van der Waals surface area (Å²) in [6, 6.07) is 23.1. The molecule has 0 amide bonds. The van der Waals surface area contributed by atoms with Crippen LogP contribution in [0.3, 0.4) is 0 Å². The Bertz CT molecular complexity index is 590. The fraction of sp³-hybridized carbons (Fsp3) is 0.500. The van der Waals surface area contributed by atoms with Gasteiger partial charge in [-0.05, 0) is 0 Å². The van der Waals surface area contributed by atoms with Crippen molar-refractivity contribution in [2.75, 3.05) is 0 Å². The van der Waals surface area contributed by atoms with Gasteiger partial charge < -0.3 is 0 Å². The predicted molar refractivity (Wildman–Crippen MR) is 108 cm³/mol. The Morgan fingerprint density at radius 1 is 0.480 bits per heavy atom. The van der Waals surface area contributed by atoms with Crippen LogP contribution in [0.2, 0.25) is 0 Å². The van der Waals surface area contributed by atoms with Crippen LogP contribution in [0.4, 0.5) is 0 Å². The number of benzene rings is 2. The minimum atomic E-state index is 0.458. The molecule has 1 heteroatoms. The molecule has 2 aromatic rings. The van der Waals surface area contributed by atoms with Gasteiger partial charge in [-0.3, -0.25) is 0 Å². The maximum atomic E-state index is 2.43. The molecule has 0 aliphatic heterocycles. The second-order valence-corrected chi connectivity index (χ2v) is 11.7. The van der Waals surface area contributed by atoms with Gasteiger partial charge in [-0.1, -0.05) is 0 Å². The van der Waals surface area contributed by atoms with Crippen LogP contribution < -0.4 is 0 Å². The maximum absolute atomic E-state index is 2.43. The molecule has 2 fully saturated rings. The molecule has 0 N–H and O–H groups in total. The zero-order chi connectivity index (χ0) is 17.0. The first-order valence-corrected chi connectivity index (χ1v) is 11.9. The van der Waals surface area contributed by atoms with Crippen LogP contribution in [0.5, 0.6) is 0 Å². The topological polar surface area (TPSA) is 0 Å². The van der Waals surface area contributed by atoms with Crippen molar-refractivity contribution in [3.8, 4) is 0 Å². The fourth-order valence-electron chi connectivity index (χ4n) is 5.00. The summed E-state index contributed by atoms with van der Waals surface area (Å²) in [5.41, 5.74) is 3.27. The van der Waals surface area contributed by atoms with Crippen LogP contribution in [0.15, 0.2) is 60.7 Å². The molecule has 0 aromatic heterocycles. The van der Waals surface area contributed by atoms with E-state index in [-0.39, 0.29) is 0 Å². The summed E-state index contributed by atoms with van der Waals surface area (Å²) < 4.78 is 0.916. The van der Waals surface area contributed by atoms with Crippen molar-refractivity contribution in [1.29, 1.82) is 0 Å². The van der Waals surface area contributed by atoms with Crippen molar-refractivity contribution in [3.63, 3.8) is 0 Å². The Balaban J connectivity index is 1.74. The summed E-state index contributed by atoms with van der Waals surface area (Å²) in [7, 11) is 0. The van der Waals surface area contributed by atoms with E-state index in [1.165, 1.54) is 64.2 Å². The van der Waals surface area contributed by atoms with E-state index in [2.05, 4.69) is 60.7 Å². The third-order valence-corrected chi connectivity index (χ3v) is 10.7. The van der Waals surface area contributed by atoms with E-state index in [9.17, 15) is 0 Å². The number of hydrogen-bond acceptors (Lipinski definition) is 0. The van der Waals surface area contributed by atoms with Crippen molar-refractivity contribution >= 4 is 15.0 Å². The zero-order valence-electron chi connectivity index (χ0n) is 15.3. The average Bonchev–Trinajstić information content (AvgIpc) is 2.71. The molecule has 0 bridgehead atoms.